The summed E-state index contributed by atoms with van der Waals surface area (Å²) in [6, 6.07) is 1.84. The summed E-state index contributed by atoms with van der Waals surface area (Å²) in [6.45, 7) is 4.44. The average Bonchev–Trinajstić information content (AvgIpc) is 3.09. The van der Waals surface area contributed by atoms with Gasteiger partial charge in [-0.3, -0.25) is 14.7 Å². The molecule has 1 amide bonds. The van der Waals surface area contributed by atoms with Crippen LogP contribution in [0.25, 0.3) is 10.6 Å². The van der Waals surface area contributed by atoms with Crippen LogP contribution in [0.1, 0.15) is 29.4 Å². The van der Waals surface area contributed by atoms with Crippen molar-refractivity contribution in [1.82, 2.24) is 20.2 Å². The monoisotopic (exact) mass is 346 g/mol. The third-order valence-electron chi connectivity index (χ3n) is 5.20. The molecule has 0 spiro atoms. The van der Waals surface area contributed by atoms with Crippen molar-refractivity contribution in [3.05, 3.63) is 35.4 Å². The molecule has 3 aliphatic heterocycles. The molecule has 0 aliphatic carbocycles. The first-order valence-corrected chi connectivity index (χ1v) is 9.06. The van der Waals surface area contributed by atoms with E-state index in [1.165, 1.54) is 36.0 Å². The van der Waals surface area contributed by atoms with Gasteiger partial charge in [0.1, 0.15) is 15.7 Å². The molecule has 3 aliphatic rings. The first-order chi connectivity index (χ1) is 11.6. The van der Waals surface area contributed by atoms with Gasteiger partial charge in [-0.2, -0.15) is 0 Å². The third-order valence-corrected chi connectivity index (χ3v) is 6.23. The van der Waals surface area contributed by atoms with Crippen molar-refractivity contribution in [1.29, 1.82) is 0 Å². The Kier molecular flexibility index (Phi) is 4.05. The van der Waals surface area contributed by atoms with Crippen molar-refractivity contribution in [3.8, 4) is 10.6 Å². The standard InChI is InChI=1S/C17H19FN4OS/c1-10-15(11-3-6-22(10)7-4-11)21-16(23)14-9-20-17(24-14)12-8-19-5-2-13(12)18/h2,5,8-11,15H,3-4,6-7H2,1H3,(H,21,23). The molecule has 5 rings (SSSR count). The number of pyridine rings is 1. The summed E-state index contributed by atoms with van der Waals surface area (Å²) in [5.74, 6) is 0.0584. The molecule has 2 atom stereocenters. The third kappa shape index (κ3) is 2.71. The maximum Gasteiger partial charge on any atom is 0.263 e. The summed E-state index contributed by atoms with van der Waals surface area (Å²) in [4.78, 5) is 23.7. The fourth-order valence-electron chi connectivity index (χ4n) is 3.81. The fourth-order valence-corrected chi connectivity index (χ4v) is 4.64. The first-order valence-electron chi connectivity index (χ1n) is 8.24. The second kappa shape index (κ2) is 6.22. The largest absolute Gasteiger partial charge is 0.347 e. The van der Waals surface area contributed by atoms with Crippen molar-refractivity contribution < 1.29 is 9.18 Å². The van der Waals surface area contributed by atoms with Gasteiger partial charge in [0.2, 0.25) is 0 Å². The minimum absolute atomic E-state index is 0.117. The van der Waals surface area contributed by atoms with E-state index in [2.05, 4.69) is 27.1 Å². The number of rotatable bonds is 3. The average molecular weight is 346 g/mol. The van der Waals surface area contributed by atoms with E-state index in [1.807, 2.05) is 0 Å². The van der Waals surface area contributed by atoms with Crippen LogP contribution in [-0.2, 0) is 0 Å². The minimum Gasteiger partial charge on any atom is -0.347 e. The van der Waals surface area contributed by atoms with Crippen LogP contribution in [0, 0.1) is 11.7 Å². The lowest BCUT2D eigenvalue weighted by atomic mass is 9.79. The van der Waals surface area contributed by atoms with Crippen LogP contribution in [0.4, 0.5) is 4.39 Å². The van der Waals surface area contributed by atoms with E-state index < -0.39 is 0 Å². The van der Waals surface area contributed by atoms with E-state index in [0.717, 1.165) is 25.9 Å². The summed E-state index contributed by atoms with van der Waals surface area (Å²) in [5.41, 5.74) is 0.331. The minimum atomic E-state index is -0.377. The molecular weight excluding hydrogens is 327 g/mol. The van der Waals surface area contributed by atoms with E-state index in [1.54, 1.807) is 0 Å². The quantitative estimate of drug-likeness (QED) is 0.928. The molecule has 3 fully saturated rings. The number of carbonyl (C=O) groups excluding carboxylic acids is 1. The fraction of sp³-hybridized carbons (Fsp3) is 0.471. The topological polar surface area (TPSA) is 58.1 Å². The van der Waals surface area contributed by atoms with Crippen LogP contribution in [0.3, 0.4) is 0 Å². The molecule has 2 aromatic heterocycles. The smallest absolute Gasteiger partial charge is 0.263 e. The predicted octanol–water partition coefficient (Wildman–Crippen LogP) is 2.56. The van der Waals surface area contributed by atoms with Crippen LogP contribution in [-0.4, -0.2) is 45.9 Å². The van der Waals surface area contributed by atoms with Gasteiger partial charge in [-0.05, 0) is 44.8 Å². The van der Waals surface area contributed by atoms with Crippen molar-refractivity contribution in [2.45, 2.75) is 31.8 Å². The van der Waals surface area contributed by atoms with Crippen LogP contribution in [0.5, 0.6) is 0 Å². The number of carbonyl (C=O) groups is 1. The van der Waals surface area contributed by atoms with Crippen LogP contribution in [0.15, 0.2) is 24.7 Å². The zero-order valence-electron chi connectivity index (χ0n) is 13.4. The Labute approximate surface area is 143 Å². The molecule has 0 saturated carbocycles. The van der Waals surface area contributed by atoms with Crippen molar-refractivity contribution >= 4 is 17.2 Å². The number of thiazole rings is 1. The van der Waals surface area contributed by atoms with Gasteiger partial charge in [0.15, 0.2) is 0 Å². The highest BCUT2D eigenvalue weighted by molar-refractivity contribution is 7.16. The molecule has 0 radical (unpaired) electrons. The van der Waals surface area contributed by atoms with E-state index in [9.17, 15) is 9.18 Å². The Balaban J connectivity index is 1.51. The molecule has 2 aromatic rings. The number of nitrogens with zero attached hydrogens (tertiary/aromatic N) is 3. The summed E-state index contributed by atoms with van der Waals surface area (Å²) < 4.78 is 13.8. The van der Waals surface area contributed by atoms with Crippen molar-refractivity contribution in [2.24, 2.45) is 5.92 Å². The highest BCUT2D eigenvalue weighted by Gasteiger charge is 2.40. The molecule has 0 aromatic carbocycles. The molecule has 2 unspecified atom stereocenters. The molecule has 7 heteroatoms. The van der Waals surface area contributed by atoms with Gasteiger partial charge in [-0.25, -0.2) is 9.37 Å². The molecule has 5 nitrogen and oxygen atoms in total. The van der Waals surface area contributed by atoms with Crippen LogP contribution in [0.2, 0.25) is 0 Å². The van der Waals surface area contributed by atoms with E-state index in [-0.39, 0.29) is 17.8 Å². The molecule has 3 saturated heterocycles. The zero-order valence-corrected chi connectivity index (χ0v) is 14.2. The normalized spacial score (nSPS) is 28.8. The zero-order chi connectivity index (χ0) is 16.7. The van der Waals surface area contributed by atoms with Gasteiger partial charge >= 0.3 is 0 Å². The Morgan fingerprint density at radius 1 is 1.38 bits per heavy atom. The van der Waals surface area contributed by atoms with Gasteiger partial charge < -0.3 is 5.32 Å². The van der Waals surface area contributed by atoms with E-state index >= 15 is 0 Å². The van der Waals surface area contributed by atoms with Gasteiger partial charge in [-0.15, -0.1) is 11.3 Å². The number of fused-ring (bicyclic) bond motifs is 3. The maximum absolute atomic E-state index is 13.8. The molecule has 126 valence electrons. The lowest BCUT2D eigenvalue weighted by molar-refractivity contribution is 0.0218. The van der Waals surface area contributed by atoms with Crippen molar-refractivity contribution in [3.63, 3.8) is 0 Å². The van der Waals surface area contributed by atoms with Gasteiger partial charge in [0.05, 0.1) is 11.8 Å². The number of hydrogen-bond acceptors (Lipinski definition) is 5. The number of aromatic nitrogens is 2. The van der Waals surface area contributed by atoms with Crippen molar-refractivity contribution in [2.75, 3.05) is 13.1 Å². The molecule has 5 heterocycles. The highest BCUT2D eigenvalue weighted by Crippen LogP contribution is 2.33. The Morgan fingerprint density at radius 2 is 2.17 bits per heavy atom. The van der Waals surface area contributed by atoms with Gasteiger partial charge in [-0.1, -0.05) is 0 Å². The second-order valence-electron chi connectivity index (χ2n) is 6.50. The summed E-state index contributed by atoms with van der Waals surface area (Å²) in [7, 11) is 0. The molecule has 1 N–H and O–H groups in total. The molecule has 24 heavy (non-hydrogen) atoms. The number of nitrogens with one attached hydrogen (secondary N) is 1. The number of halogens is 1. The summed E-state index contributed by atoms with van der Waals surface area (Å²) >= 11 is 1.20. The number of amides is 1. The van der Waals surface area contributed by atoms with Crippen LogP contribution >= 0.6 is 11.3 Å². The Hall–Kier alpha value is -1.86. The number of hydrogen-bond donors (Lipinski definition) is 1. The number of piperidine rings is 3. The van der Waals surface area contributed by atoms with Gasteiger partial charge in [0.25, 0.3) is 5.91 Å². The SMILES string of the molecule is CC1C(NC(=O)c2cnc(-c3cnccc3F)s2)C2CCN1CC2. The Morgan fingerprint density at radius 3 is 2.88 bits per heavy atom. The lowest BCUT2D eigenvalue weighted by Gasteiger charge is -2.49. The summed E-state index contributed by atoms with van der Waals surface area (Å²) in [6.07, 6.45) is 6.64. The molecular formula is C17H19FN4OS. The van der Waals surface area contributed by atoms with E-state index in [0.29, 0.717) is 27.4 Å². The predicted molar refractivity (Wildman–Crippen MR) is 90.3 cm³/mol. The van der Waals surface area contributed by atoms with E-state index in [4.69, 9.17) is 0 Å². The lowest BCUT2D eigenvalue weighted by Crippen LogP contribution is -2.62. The first kappa shape index (κ1) is 15.7. The highest BCUT2D eigenvalue weighted by atomic mass is 32.1. The summed E-state index contributed by atoms with van der Waals surface area (Å²) in [5, 5.41) is 3.66. The second-order valence-corrected chi connectivity index (χ2v) is 7.53. The van der Waals surface area contributed by atoms with Gasteiger partial charge in [0, 0.05) is 24.5 Å². The maximum atomic E-state index is 13.8. The molecule has 2 bridgehead atoms. The Bertz CT molecular complexity index is 755. The van der Waals surface area contributed by atoms with Crippen LogP contribution < -0.4 is 5.32 Å².